The van der Waals surface area contributed by atoms with Gasteiger partial charge in [-0.05, 0) is 19.4 Å². The number of aliphatic hydroxyl groups excluding tert-OH is 1. The van der Waals surface area contributed by atoms with E-state index in [1.165, 1.54) is 0 Å². The molecule has 1 aliphatic heterocycles. The van der Waals surface area contributed by atoms with E-state index >= 15 is 0 Å². The zero-order valence-electron chi connectivity index (χ0n) is 6.49. The molecule has 1 fully saturated rings. The van der Waals surface area contributed by atoms with Crippen LogP contribution in [0, 0.1) is 0 Å². The number of ether oxygens (including phenoxy) is 1. The third kappa shape index (κ3) is 2.05. The maximum atomic E-state index is 10.7. The van der Waals surface area contributed by atoms with Gasteiger partial charge in [0.2, 0.25) is 0 Å². The summed E-state index contributed by atoms with van der Waals surface area (Å²) in [5.74, 6) is -0.224. The fourth-order valence-electron chi connectivity index (χ4n) is 1.08. The molecule has 3 nitrogen and oxygen atoms in total. The Bertz CT molecular complexity index is 174. The molecule has 1 saturated heterocycles. The Balaban J connectivity index is 2.53. The monoisotopic (exact) mass is 156 g/mol. The molecule has 0 spiro atoms. The number of aliphatic hydroxyl groups is 1. The van der Waals surface area contributed by atoms with Crippen LogP contribution in [0.15, 0.2) is 12.2 Å². The average Bonchev–Trinajstić information content (AvgIpc) is 1.98. The maximum Gasteiger partial charge on any atom is 0.306 e. The van der Waals surface area contributed by atoms with Crippen molar-refractivity contribution in [2.24, 2.45) is 0 Å². The minimum atomic E-state index is -0.524. The van der Waals surface area contributed by atoms with Crippen LogP contribution in [-0.2, 0) is 9.53 Å². The van der Waals surface area contributed by atoms with Crippen LogP contribution in [0.3, 0.4) is 0 Å². The van der Waals surface area contributed by atoms with E-state index in [0.29, 0.717) is 12.8 Å². The van der Waals surface area contributed by atoms with Crippen LogP contribution in [0.4, 0.5) is 0 Å². The molecule has 0 aliphatic carbocycles. The first-order chi connectivity index (χ1) is 5.24. The van der Waals surface area contributed by atoms with Gasteiger partial charge in [0.15, 0.2) is 0 Å². The van der Waals surface area contributed by atoms with Crippen molar-refractivity contribution in [1.82, 2.24) is 0 Å². The number of allylic oxidation sites excluding steroid dienone is 1. The molecule has 0 amide bonds. The minimum absolute atomic E-state index is 0.224. The van der Waals surface area contributed by atoms with Gasteiger partial charge >= 0.3 is 5.97 Å². The molecule has 2 unspecified atom stereocenters. The molecular weight excluding hydrogens is 144 g/mol. The highest BCUT2D eigenvalue weighted by molar-refractivity contribution is 5.70. The summed E-state index contributed by atoms with van der Waals surface area (Å²) in [6, 6.07) is 0. The Kier molecular flexibility index (Phi) is 2.65. The molecule has 0 saturated carbocycles. The predicted molar refractivity (Wildman–Crippen MR) is 39.9 cm³/mol. The molecular formula is C8H12O3. The molecule has 0 aromatic rings. The van der Waals surface area contributed by atoms with Crippen LogP contribution in [0.25, 0.3) is 0 Å². The van der Waals surface area contributed by atoms with E-state index in [4.69, 9.17) is 4.74 Å². The first-order valence-electron chi connectivity index (χ1n) is 3.74. The standard InChI is InChI=1S/C8H12O3/c1-2-3-7-6(9)4-5-8(10)11-7/h2-3,6-7,9H,4-5H2,1H3/b3-2+. The molecule has 1 N–H and O–H groups in total. The number of esters is 1. The molecule has 1 rings (SSSR count). The third-order valence-corrected chi connectivity index (χ3v) is 1.67. The molecule has 62 valence electrons. The van der Waals surface area contributed by atoms with Crippen molar-refractivity contribution in [2.75, 3.05) is 0 Å². The van der Waals surface area contributed by atoms with Crippen molar-refractivity contribution >= 4 is 5.97 Å². The number of carbonyl (C=O) groups is 1. The number of cyclic esters (lactones) is 1. The first-order valence-corrected chi connectivity index (χ1v) is 3.74. The van der Waals surface area contributed by atoms with Gasteiger partial charge in [-0.25, -0.2) is 0 Å². The Labute approximate surface area is 65.7 Å². The summed E-state index contributed by atoms with van der Waals surface area (Å²) in [5, 5.41) is 9.29. The minimum Gasteiger partial charge on any atom is -0.455 e. The first kappa shape index (κ1) is 8.27. The lowest BCUT2D eigenvalue weighted by Crippen LogP contribution is -2.34. The Morgan fingerprint density at radius 1 is 1.73 bits per heavy atom. The van der Waals surface area contributed by atoms with Crippen LogP contribution >= 0.6 is 0 Å². The predicted octanol–water partition coefficient (Wildman–Crippen LogP) is 0.629. The second-order valence-corrected chi connectivity index (χ2v) is 2.59. The van der Waals surface area contributed by atoms with Crippen LogP contribution in [0.2, 0.25) is 0 Å². The van der Waals surface area contributed by atoms with Gasteiger partial charge in [-0.2, -0.15) is 0 Å². The van der Waals surface area contributed by atoms with Crippen molar-refractivity contribution in [1.29, 1.82) is 0 Å². The number of rotatable bonds is 1. The molecule has 3 heteroatoms. The lowest BCUT2D eigenvalue weighted by molar-refractivity contribution is -0.159. The Morgan fingerprint density at radius 2 is 2.45 bits per heavy atom. The van der Waals surface area contributed by atoms with Crippen molar-refractivity contribution in [3.05, 3.63) is 12.2 Å². The van der Waals surface area contributed by atoms with Gasteiger partial charge < -0.3 is 9.84 Å². The van der Waals surface area contributed by atoms with Crippen molar-refractivity contribution in [3.8, 4) is 0 Å². The van der Waals surface area contributed by atoms with Gasteiger partial charge in [0.05, 0.1) is 6.10 Å². The van der Waals surface area contributed by atoms with Crippen LogP contribution in [0.1, 0.15) is 19.8 Å². The zero-order valence-corrected chi connectivity index (χ0v) is 6.49. The van der Waals surface area contributed by atoms with Gasteiger partial charge in [-0.15, -0.1) is 0 Å². The number of hydrogen-bond acceptors (Lipinski definition) is 3. The zero-order chi connectivity index (χ0) is 8.27. The largest absolute Gasteiger partial charge is 0.455 e. The quantitative estimate of drug-likeness (QED) is 0.447. The fraction of sp³-hybridized carbons (Fsp3) is 0.625. The third-order valence-electron chi connectivity index (χ3n) is 1.67. The normalized spacial score (nSPS) is 32.4. The van der Waals surface area contributed by atoms with E-state index in [1.54, 1.807) is 12.2 Å². The fourth-order valence-corrected chi connectivity index (χ4v) is 1.08. The van der Waals surface area contributed by atoms with Crippen LogP contribution in [0.5, 0.6) is 0 Å². The summed E-state index contributed by atoms with van der Waals surface area (Å²) >= 11 is 0. The van der Waals surface area contributed by atoms with E-state index in [1.807, 2.05) is 6.92 Å². The number of carbonyl (C=O) groups excluding carboxylic acids is 1. The molecule has 11 heavy (non-hydrogen) atoms. The summed E-state index contributed by atoms with van der Waals surface area (Å²) in [5.41, 5.74) is 0. The van der Waals surface area contributed by atoms with Crippen LogP contribution in [-0.4, -0.2) is 23.3 Å². The molecule has 0 aromatic carbocycles. The number of hydrogen-bond donors (Lipinski definition) is 1. The lowest BCUT2D eigenvalue weighted by atomic mass is 10.1. The Morgan fingerprint density at radius 3 is 3.09 bits per heavy atom. The van der Waals surface area contributed by atoms with Gasteiger partial charge in [-0.1, -0.05) is 6.08 Å². The molecule has 0 radical (unpaired) electrons. The topological polar surface area (TPSA) is 46.5 Å². The molecule has 0 aromatic heterocycles. The highest BCUT2D eigenvalue weighted by Gasteiger charge is 2.26. The molecule has 1 heterocycles. The molecule has 2 atom stereocenters. The van der Waals surface area contributed by atoms with Crippen molar-refractivity contribution in [3.63, 3.8) is 0 Å². The van der Waals surface area contributed by atoms with Crippen LogP contribution < -0.4 is 0 Å². The van der Waals surface area contributed by atoms with Crippen molar-refractivity contribution < 1.29 is 14.6 Å². The summed E-state index contributed by atoms with van der Waals surface area (Å²) in [6.07, 6.45) is 3.35. The SMILES string of the molecule is C/C=C/C1OC(=O)CCC1O. The van der Waals surface area contributed by atoms with Crippen molar-refractivity contribution in [2.45, 2.75) is 32.0 Å². The molecule has 0 bridgehead atoms. The van der Waals surface area contributed by atoms with Gasteiger partial charge in [-0.3, -0.25) is 4.79 Å². The molecule has 1 aliphatic rings. The summed E-state index contributed by atoms with van der Waals surface area (Å²) in [6.45, 7) is 1.83. The highest BCUT2D eigenvalue weighted by atomic mass is 16.6. The smallest absolute Gasteiger partial charge is 0.306 e. The second-order valence-electron chi connectivity index (χ2n) is 2.59. The van der Waals surface area contributed by atoms with Gasteiger partial charge in [0, 0.05) is 6.42 Å². The average molecular weight is 156 g/mol. The highest BCUT2D eigenvalue weighted by Crippen LogP contribution is 2.15. The summed E-state index contributed by atoms with van der Waals surface area (Å²) in [4.78, 5) is 10.7. The Hall–Kier alpha value is -0.830. The van der Waals surface area contributed by atoms with E-state index < -0.39 is 12.2 Å². The van der Waals surface area contributed by atoms with E-state index in [9.17, 15) is 9.90 Å². The van der Waals surface area contributed by atoms with Gasteiger partial charge in [0.25, 0.3) is 0 Å². The van der Waals surface area contributed by atoms with Gasteiger partial charge in [0.1, 0.15) is 6.10 Å². The second kappa shape index (κ2) is 3.53. The van der Waals surface area contributed by atoms with E-state index in [0.717, 1.165) is 0 Å². The summed E-state index contributed by atoms with van der Waals surface area (Å²) in [7, 11) is 0. The summed E-state index contributed by atoms with van der Waals surface area (Å²) < 4.78 is 4.86. The van der Waals surface area contributed by atoms with E-state index in [2.05, 4.69) is 0 Å². The maximum absolute atomic E-state index is 10.7. The lowest BCUT2D eigenvalue weighted by Gasteiger charge is -2.24. The van der Waals surface area contributed by atoms with E-state index in [-0.39, 0.29) is 5.97 Å².